The molecule has 1 amide bonds. The van der Waals surface area contributed by atoms with Crippen LogP contribution < -0.4 is 5.32 Å². The van der Waals surface area contributed by atoms with Gasteiger partial charge in [0, 0.05) is 5.41 Å². The Labute approximate surface area is 83.7 Å². The summed E-state index contributed by atoms with van der Waals surface area (Å²) in [6.45, 7) is 7.57. The largest absolute Gasteiger partial charge is 0.359 e. The van der Waals surface area contributed by atoms with Crippen molar-refractivity contribution >= 4 is 11.6 Å². The number of anilines is 1. The molecule has 0 bridgehead atoms. The molecule has 1 N–H and O–H groups in total. The molecule has 0 fully saturated rings. The Hall–Kier alpha value is -1.32. The van der Waals surface area contributed by atoms with Gasteiger partial charge >= 0.3 is 0 Å². The molecule has 0 aliphatic heterocycles. The van der Waals surface area contributed by atoms with Crippen LogP contribution in [0.3, 0.4) is 0 Å². The van der Waals surface area contributed by atoms with Crippen molar-refractivity contribution in [2.75, 3.05) is 5.32 Å². The van der Waals surface area contributed by atoms with E-state index in [-0.39, 0.29) is 11.3 Å². The fourth-order valence-electron chi connectivity index (χ4n) is 0.871. The van der Waals surface area contributed by atoms with Gasteiger partial charge in [-0.1, -0.05) is 25.9 Å². The molecule has 14 heavy (non-hydrogen) atoms. The van der Waals surface area contributed by atoms with Crippen LogP contribution in [0.15, 0.2) is 10.7 Å². The molecule has 0 saturated heterocycles. The van der Waals surface area contributed by atoms with Crippen molar-refractivity contribution in [3.05, 3.63) is 12.0 Å². The molecule has 0 spiro atoms. The summed E-state index contributed by atoms with van der Waals surface area (Å²) in [4.78, 5) is 11.7. The molecule has 1 aromatic rings. The lowest BCUT2D eigenvalue weighted by molar-refractivity contribution is -0.124. The van der Waals surface area contributed by atoms with E-state index in [1.165, 1.54) is 6.20 Å². The Bertz CT molecular complexity index is 329. The average molecular weight is 196 g/mol. The molecule has 0 saturated carbocycles. The summed E-state index contributed by atoms with van der Waals surface area (Å²) in [5.41, 5.74) is 0.292. The van der Waals surface area contributed by atoms with E-state index in [0.717, 1.165) is 6.42 Å². The molecule has 78 valence electrons. The molecule has 0 radical (unpaired) electrons. The number of rotatable bonds is 3. The minimum Gasteiger partial charge on any atom is -0.359 e. The highest BCUT2D eigenvalue weighted by atomic mass is 16.5. The molecule has 1 heterocycles. The Morgan fingerprint density at radius 2 is 2.29 bits per heavy atom. The van der Waals surface area contributed by atoms with Gasteiger partial charge in [-0.3, -0.25) is 4.79 Å². The quantitative estimate of drug-likeness (QED) is 0.807. The first-order valence-corrected chi connectivity index (χ1v) is 4.70. The van der Waals surface area contributed by atoms with E-state index in [9.17, 15) is 4.79 Å². The van der Waals surface area contributed by atoms with E-state index in [1.54, 1.807) is 6.92 Å². The second kappa shape index (κ2) is 3.82. The topological polar surface area (TPSA) is 55.1 Å². The van der Waals surface area contributed by atoms with Crippen molar-refractivity contribution in [1.82, 2.24) is 5.16 Å². The summed E-state index contributed by atoms with van der Waals surface area (Å²) in [5.74, 6) is 0.622. The Balaban J connectivity index is 2.71. The van der Waals surface area contributed by atoms with Gasteiger partial charge in [-0.05, 0) is 13.3 Å². The van der Waals surface area contributed by atoms with Crippen LogP contribution >= 0.6 is 0 Å². The number of carbonyl (C=O) groups is 1. The van der Waals surface area contributed by atoms with E-state index in [2.05, 4.69) is 10.5 Å². The van der Waals surface area contributed by atoms with Gasteiger partial charge in [-0.2, -0.15) is 0 Å². The zero-order valence-electron chi connectivity index (χ0n) is 9.05. The standard InChI is InChI=1S/C10H16N2O2/c1-5-10(3,4)9(13)12-8-6-11-14-7(8)2/h6H,5H2,1-4H3,(H,12,13). The minimum absolute atomic E-state index is 0.00806. The van der Waals surface area contributed by atoms with Crippen molar-refractivity contribution in [3.63, 3.8) is 0 Å². The van der Waals surface area contributed by atoms with Crippen LogP contribution in [-0.2, 0) is 4.79 Å². The normalized spacial score (nSPS) is 11.4. The molecule has 0 aliphatic rings. The Kier molecular flexibility index (Phi) is 2.93. The number of amides is 1. The molecule has 4 nitrogen and oxygen atoms in total. The number of hydrogen-bond acceptors (Lipinski definition) is 3. The molecule has 0 unspecified atom stereocenters. The third kappa shape index (κ3) is 2.13. The summed E-state index contributed by atoms with van der Waals surface area (Å²) < 4.78 is 4.85. The Morgan fingerprint density at radius 3 is 2.71 bits per heavy atom. The van der Waals surface area contributed by atoms with Crippen molar-refractivity contribution in [2.24, 2.45) is 5.41 Å². The van der Waals surface area contributed by atoms with Gasteiger partial charge in [0.25, 0.3) is 0 Å². The van der Waals surface area contributed by atoms with E-state index < -0.39 is 0 Å². The smallest absolute Gasteiger partial charge is 0.230 e. The first kappa shape index (κ1) is 10.8. The van der Waals surface area contributed by atoms with Crippen molar-refractivity contribution in [1.29, 1.82) is 0 Å². The highest BCUT2D eigenvalue weighted by Gasteiger charge is 2.26. The van der Waals surface area contributed by atoms with Crippen LogP contribution in [0.25, 0.3) is 0 Å². The lowest BCUT2D eigenvalue weighted by atomic mass is 9.89. The van der Waals surface area contributed by atoms with Crippen LogP contribution in [0.1, 0.15) is 33.0 Å². The first-order chi connectivity index (χ1) is 6.47. The van der Waals surface area contributed by atoms with Gasteiger partial charge in [0.05, 0.1) is 6.20 Å². The Morgan fingerprint density at radius 1 is 1.64 bits per heavy atom. The summed E-state index contributed by atoms with van der Waals surface area (Å²) in [6.07, 6.45) is 2.31. The van der Waals surface area contributed by atoms with Gasteiger partial charge in [0.15, 0.2) is 5.76 Å². The van der Waals surface area contributed by atoms with Crippen molar-refractivity contribution in [2.45, 2.75) is 34.1 Å². The van der Waals surface area contributed by atoms with Gasteiger partial charge in [0.2, 0.25) is 5.91 Å². The zero-order valence-corrected chi connectivity index (χ0v) is 9.05. The summed E-state index contributed by atoms with van der Waals surface area (Å²) in [6, 6.07) is 0. The van der Waals surface area contributed by atoms with Crippen molar-refractivity contribution in [3.8, 4) is 0 Å². The van der Waals surface area contributed by atoms with Gasteiger partial charge < -0.3 is 9.84 Å². The fraction of sp³-hybridized carbons (Fsp3) is 0.600. The van der Waals surface area contributed by atoms with Gasteiger partial charge in [-0.15, -0.1) is 0 Å². The number of aryl methyl sites for hydroxylation is 1. The molecule has 1 rings (SSSR count). The lowest BCUT2D eigenvalue weighted by Gasteiger charge is -2.20. The molecule has 0 aromatic carbocycles. The second-order valence-corrected chi connectivity index (χ2v) is 3.99. The number of nitrogens with one attached hydrogen (secondary N) is 1. The average Bonchev–Trinajstić information content (AvgIpc) is 2.52. The third-order valence-corrected chi connectivity index (χ3v) is 2.50. The molecular weight excluding hydrogens is 180 g/mol. The fourth-order valence-corrected chi connectivity index (χ4v) is 0.871. The summed E-state index contributed by atoms with van der Waals surface area (Å²) >= 11 is 0. The van der Waals surface area contributed by atoms with Crippen molar-refractivity contribution < 1.29 is 9.32 Å². The van der Waals surface area contributed by atoms with Crippen LogP contribution in [0.4, 0.5) is 5.69 Å². The SMILES string of the molecule is CCC(C)(C)C(=O)Nc1cnoc1C. The lowest BCUT2D eigenvalue weighted by Crippen LogP contribution is -2.30. The maximum absolute atomic E-state index is 11.7. The van der Waals surface area contributed by atoms with Crippen LogP contribution in [0.2, 0.25) is 0 Å². The predicted molar refractivity (Wildman–Crippen MR) is 53.9 cm³/mol. The molecule has 4 heteroatoms. The monoisotopic (exact) mass is 196 g/mol. The third-order valence-electron chi connectivity index (χ3n) is 2.50. The maximum Gasteiger partial charge on any atom is 0.230 e. The van der Waals surface area contributed by atoms with Gasteiger partial charge in [-0.25, -0.2) is 0 Å². The summed E-state index contributed by atoms with van der Waals surface area (Å²) in [5, 5.41) is 6.38. The zero-order chi connectivity index (χ0) is 10.8. The first-order valence-electron chi connectivity index (χ1n) is 4.70. The highest BCUT2D eigenvalue weighted by molar-refractivity contribution is 5.94. The summed E-state index contributed by atoms with van der Waals surface area (Å²) in [7, 11) is 0. The van der Waals surface area contributed by atoms with E-state index in [1.807, 2.05) is 20.8 Å². The van der Waals surface area contributed by atoms with E-state index in [4.69, 9.17) is 4.52 Å². The predicted octanol–water partition coefficient (Wildman–Crippen LogP) is 2.36. The van der Waals surface area contributed by atoms with E-state index >= 15 is 0 Å². The molecular formula is C10H16N2O2. The minimum atomic E-state index is -0.357. The number of aromatic nitrogens is 1. The maximum atomic E-state index is 11.7. The van der Waals surface area contributed by atoms with Gasteiger partial charge in [0.1, 0.15) is 5.69 Å². The molecule has 1 aromatic heterocycles. The number of carbonyl (C=O) groups excluding carboxylic acids is 1. The van der Waals surface area contributed by atoms with E-state index in [0.29, 0.717) is 11.4 Å². The number of hydrogen-bond donors (Lipinski definition) is 1. The van der Waals surface area contributed by atoms with Crippen LogP contribution in [0.5, 0.6) is 0 Å². The second-order valence-electron chi connectivity index (χ2n) is 3.99. The molecule has 0 atom stereocenters. The van der Waals surface area contributed by atoms with Crippen LogP contribution in [-0.4, -0.2) is 11.1 Å². The highest BCUT2D eigenvalue weighted by Crippen LogP contribution is 2.23. The molecule has 0 aliphatic carbocycles. The number of nitrogens with zero attached hydrogens (tertiary/aromatic N) is 1. The van der Waals surface area contributed by atoms with Crippen LogP contribution in [0, 0.1) is 12.3 Å².